The van der Waals surface area contributed by atoms with Gasteiger partial charge in [-0.3, -0.25) is 4.79 Å². The van der Waals surface area contributed by atoms with Gasteiger partial charge in [0.1, 0.15) is 23.0 Å². The maximum absolute atomic E-state index is 12.7. The summed E-state index contributed by atoms with van der Waals surface area (Å²) in [6.45, 7) is 2.50. The van der Waals surface area contributed by atoms with Gasteiger partial charge in [-0.15, -0.1) is 0 Å². The van der Waals surface area contributed by atoms with E-state index in [0.717, 1.165) is 5.75 Å². The number of amides is 1. The molecule has 8 nitrogen and oxygen atoms in total. The van der Waals surface area contributed by atoms with Crippen LogP contribution in [0.3, 0.4) is 0 Å². The van der Waals surface area contributed by atoms with Gasteiger partial charge in [0, 0.05) is 5.69 Å². The standard InChI is InChI=1S/C22H22N2O6S/c1-3-29-16-8-10-18(11-9-16)30-17-6-4-15(5-7-17)24-22(25)20-14-19(31(23,26)27)12-13-21(20)28-2/h4-14H,3H2,1-2H3,(H,24,25)(H2,23,26,27). The van der Waals surface area contributed by atoms with Crippen molar-refractivity contribution in [2.45, 2.75) is 11.8 Å². The molecule has 0 aliphatic carbocycles. The van der Waals surface area contributed by atoms with Gasteiger partial charge < -0.3 is 19.5 Å². The lowest BCUT2D eigenvalue weighted by molar-refractivity contribution is 0.102. The largest absolute Gasteiger partial charge is 0.496 e. The number of hydrogen-bond acceptors (Lipinski definition) is 6. The van der Waals surface area contributed by atoms with Crippen LogP contribution in [0.4, 0.5) is 5.69 Å². The van der Waals surface area contributed by atoms with Crippen LogP contribution in [0.25, 0.3) is 0 Å². The van der Waals surface area contributed by atoms with Gasteiger partial charge in [-0.1, -0.05) is 0 Å². The van der Waals surface area contributed by atoms with E-state index in [1.54, 1.807) is 36.4 Å². The van der Waals surface area contributed by atoms with E-state index in [-0.39, 0.29) is 16.2 Å². The number of nitrogens with two attached hydrogens (primary N) is 1. The van der Waals surface area contributed by atoms with Gasteiger partial charge in [-0.05, 0) is 73.7 Å². The van der Waals surface area contributed by atoms with Gasteiger partial charge in [-0.2, -0.15) is 0 Å². The van der Waals surface area contributed by atoms with Crippen LogP contribution < -0.4 is 24.7 Å². The molecule has 3 aromatic rings. The molecule has 9 heteroatoms. The summed E-state index contributed by atoms with van der Waals surface area (Å²) < 4.78 is 39.5. The Morgan fingerprint density at radius 1 is 0.935 bits per heavy atom. The van der Waals surface area contributed by atoms with Crippen molar-refractivity contribution in [1.82, 2.24) is 0 Å². The molecular weight excluding hydrogens is 420 g/mol. The fourth-order valence-corrected chi connectivity index (χ4v) is 3.29. The molecule has 3 N–H and O–H groups in total. The van der Waals surface area contributed by atoms with Crippen LogP contribution in [-0.2, 0) is 10.0 Å². The van der Waals surface area contributed by atoms with Crippen LogP contribution in [0.15, 0.2) is 71.6 Å². The first-order chi connectivity index (χ1) is 14.8. The van der Waals surface area contributed by atoms with Crippen molar-refractivity contribution in [3.05, 3.63) is 72.3 Å². The van der Waals surface area contributed by atoms with Crippen LogP contribution >= 0.6 is 0 Å². The number of anilines is 1. The van der Waals surface area contributed by atoms with Gasteiger partial charge in [0.15, 0.2) is 0 Å². The fraction of sp³-hybridized carbons (Fsp3) is 0.136. The Kier molecular flexibility index (Phi) is 6.78. The van der Waals surface area contributed by atoms with Gasteiger partial charge in [0.25, 0.3) is 5.91 Å². The number of carbonyl (C=O) groups excluding carboxylic acids is 1. The number of ether oxygens (including phenoxy) is 3. The van der Waals surface area contributed by atoms with Gasteiger partial charge in [0.2, 0.25) is 10.0 Å². The second-order valence-corrected chi connectivity index (χ2v) is 7.95. The van der Waals surface area contributed by atoms with E-state index < -0.39 is 15.9 Å². The number of primary sulfonamides is 1. The van der Waals surface area contributed by atoms with E-state index in [2.05, 4.69) is 5.32 Å². The normalized spacial score (nSPS) is 10.9. The Balaban J connectivity index is 1.71. The lowest BCUT2D eigenvalue weighted by Gasteiger charge is -2.11. The first-order valence-electron chi connectivity index (χ1n) is 9.33. The van der Waals surface area contributed by atoms with Gasteiger partial charge >= 0.3 is 0 Å². The van der Waals surface area contributed by atoms with Crippen LogP contribution in [0.5, 0.6) is 23.0 Å². The Morgan fingerprint density at radius 2 is 1.52 bits per heavy atom. The van der Waals surface area contributed by atoms with E-state index >= 15 is 0 Å². The lowest BCUT2D eigenvalue weighted by atomic mass is 10.2. The quantitative estimate of drug-likeness (QED) is 0.548. The zero-order valence-electron chi connectivity index (χ0n) is 17.0. The molecule has 0 bridgehead atoms. The van der Waals surface area contributed by atoms with Crippen molar-refractivity contribution in [1.29, 1.82) is 0 Å². The summed E-state index contributed by atoms with van der Waals surface area (Å²) in [5.74, 6) is 1.67. The minimum Gasteiger partial charge on any atom is -0.496 e. The van der Waals surface area contributed by atoms with E-state index in [9.17, 15) is 13.2 Å². The summed E-state index contributed by atoms with van der Waals surface area (Å²) in [5, 5.41) is 7.85. The maximum atomic E-state index is 12.7. The third-order valence-electron chi connectivity index (χ3n) is 4.23. The SMILES string of the molecule is CCOc1ccc(Oc2ccc(NC(=O)c3cc(S(N)(=O)=O)ccc3OC)cc2)cc1. The smallest absolute Gasteiger partial charge is 0.259 e. The molecule has 0 aliphatic heterocycles. The molecule has 0 fully saturated rings. The molecule has 162 valence electrons. The molecule has 0 atom stereocenters. The van der Waals surface area contributed by atoms with E-state index in [1.807, 2.05) is 19.1 Å². The second kappa shape index (κ2) is 9.50. The Hall–Kier alpha value is -3.56. The highest BCUT2D eigenvalue weighted by atomic mass is 32.2. The first kappa shape index (κ1) is 22.1. The molecule has 0 spiro atoms. The average Bonchev–Trinajstić information content (AvgIpc) is 2.75. The lowest BCUT2D eigenvalue weighted by Crippen LogP contribution is -2.16. The zero-order chi connectivity index (χ0) is 22.4. The molecule has 0 saturated heterocycles. The Labute approximate surface area is 180 Å². The van der Waals surface area contributed by atoms with Crippen LogP contribution in [-0.4, -0.2) is 28.0 Å². The minimum atomic E-state index is -3.96. The number of hydrogen-bond donors (Lipinski definition) is 2. The molecule has 31 heavy (non-hydrogen) atoms. The van der Waals surface area contributed by atoms with Crippen molar-refractivity contribution in [2.75, 3.05) is 19.0 Å². The second-order valence-electron chi connectivity index (χ2n) is 6.39. The summed E-state index contributed by atoms with van der Waals surface area (Å²) in [6.07, 6.45) is 0. The average molecular weight is 442 g/mol. The molecule has 0 aliphatic rings. The van der Waals surface area contributed by atoms with Crippen LogP contribution in [0.2, 0.25) is 0 Å². The van der Waals surface area contributed by atoms with Gasteiger partial charge in [0.05, 0.1) is 24.2 Å². The van der Waals surface area contributed by atoms with Crippen molar-refractivity contribution in [2.24, 2.45) is 5.14 Å². The maximum Gasteiger partial charge on any atom is 0.259 e. The minimum absolute atomic E-state index is 0.0451. The summed E-state index contributed by atoms with van der Waals surface area (Å²) in [5.41, 5.74) is 0.538. The third kappa shape index (κ3) is 5.74. The van der Waals surface area contributed by atoms with Crippen molar-refractivity contribution >= 4 is 21.6 Å². The molecule has 0 aromatic heterocycles. The molecule has 0 heterocycles. The fourth-order valence-electron chi connectivity index (χ4n) is 2.75. The highest BCUT2D eigenvalue weighted by Crippen LogP contribution is 2.26. The number of rotatable bonds is 8. The van der Waals surface area contributed by atoms with Crippen molar-refractivity contribution in [3.8, 4) is 23.0 Å². The monoisotopic (exact) mass is 442 g/mol. The molecular formula is C22H22N2O6S. The highest BCUT2D eigenvalue weighted by Gasteiger charge is 2.17. The Morgan fingerprint density at radius 3 is 2.06 bits per heavy atom. The van der Waals surface area contributed by atoms with Crippen LogP contribution in [0, 0.1) is 0 Å². The van der Waals surface area contributed by atoms with E-state index in [0.29, 0.717) is 23.8 Å². The first-order valence-corrected chi connectivity index (χ1v) is 10.9. The number of sulfonamides is 1. The van der Waals surface area contributed by atoms with Crippen molar-refractivity contribution in [3.63, 3.8) is 0 Å². The van der Waals surface area contributed by atoms with Crippen LogP contribution in [0.1, 0.15) is 17.3 Å². The predicted molar refractivity (Wildman–Crippen MR) is 116 cm³/mol. The van der Waals surface area contributed by atoms with E-state index in [4.69, 9.17) is 19.3 Å². The van der Waals surface area contributed by atoms with E-state index in [1.165, 1.54) is 25.3 Å². The number of carbonyl (C=O) groups is 1. The summed E-state index contributed by atoms with van der Waals surface area (Å²) in [7, 11) is -2.57. The number of benzene rings is 3. The topological polar surface area (TPSA) is 117 Å². The molecule has 3 aromatic carbocycles. The predicted octanol–water partition coefficient (Wildman–Crippen LogP) is 3.79. The highest BCUT2D eigenvalue weighted by molar-refractivity contribution is 7.89. The third-order valence-corrected chi connectivity index (χ3v) is 5.14. The molecule has 1 amide bonds. The summed E-state index contributed by atoms with van der Waals surface area (Å²) >= 11 is 0. The molecule has 0 saturated carbocycles. The molecule has 3 rings (SSSR count). The summed E-state index contributed by atoms with van der Waals surface area (Å²) in [4.78, 5) is 12.5. The number of nitrogens with one attached hydrogen (secondary N) is 1. The molecule has 0 radical (unpaired) electrons. The molecule has 0 unspecified atom stereocenters. The van der Waals surface area contributed by atoms with Gasteiger partial charge in [-0.25, -0.2) is 13.6 Å². The number of methoxy groups -OCH3 is 1. The van der Waals surface area contributed by atoms with Crippen molar-refractivity contribution < 1.29 is 27.4 Å². The summed E-state index contributed by atoms with van der Waals surface area (Å²) in [6, 6.07) is 17.8. The zero-order valence-corrected chi connectivity index (χ0v) is 17.8. The Bertz CT molecular complexity index is 1160.